The fourth-order valence-corrected chi connectivity index (χ4v) is 5.06. The molecule has 1 aliphatic carbocycles. The van der Waals surface area contributed by atoms with Gasteiger partial charge in [0.25, 0.3) is 0 Å². The zero-order chi connectivity index (χ0) is 18.4. The van der Waals surface area contributed by atoms with Crippen molar-refractivity contribution in [3.8, 4) is 0 Å². The molecule has 3 aromatic rings. The highest BCUT2D eigenvalue weighted by molar-refractivity contribution is 7.18. The monoisotopic (exact) mass is 407 g/mol. The van der Waals surface area contributed by atoms with Gasteiger partial charge in [0.05, 0.1) is 15.9 Å². The van der Waals surface area contributed by atoms with Crippen molar-refractivity contribution >= 4 is 50.2 Å². The van der Waals surface area contributed by atoms with Crippen LogP contribution in [0.3, 0.4) is 0 Å². The highest BCUT2D eigenvalue weighted by Gasteiger charge is 2.10. The Morgan fingerprint density at radius 3 is 2.69 bits per heavy atom. The van der Waals surface area contributed by atoms with Crippen molar-refractivity contribution in [3.05, 3.63) is 44.6 Å². The van der Waals surface area contributed by atoms with Gasteiger partial charge in [0.15, 0.2) is 0 Å². The molecule has 1 saturated carbocycles. The molecule has 3 nitrogen and oxygen atoms in total. The van der Waals surface area contributed by atoms with Gasteiger partial charge in [0.1, 0.15) is 5.15 Å². The lowest BCUT2D eigenvalue weighted by molar-refractivity contribution is 0.441. The molecule has 26 heavy (non-hydrogen) atoms. The second kappa shape index (κ2) is 9.70. The average Bonchev–Trinajstić information content (AvgIpc) is 3.30. The summed E-state index contributed by atoms with van der Waals surface area (Å²) in [6.45, 7) is 2.97. The van der Waals surface area contributed by atoms with E-state index < -0.39 is 0 Å². The number of halogens is 1. The fourth-order valence-electron chi connectivity index (χ4n) is 3.14. The van der Waals surface area contributed by atoms with Crippen molar-refractivity contribution in [2.75, 3.05) is 5.32 Å². The van der Waals surface area contributed by atoms with Gasteiger partial charge in [-0.25, -0.2) is 4.98 Å². The Morgan fingerprint density at radius 1 is 1.27 bits per heavy atom. The molecule has 0 radical (unpaired) electrons. The first-order valence-corrected chi connectivity index (χ1v) is 11.4. The van der Waals surface area contributed by atoms with Crippen molar-refractivity contribution in [2.24, 2.45) is 5.73 Å². The van der Waals surface area contributed by atoms with E-state index in [0.717, 1.165) is 24.2 Å². The molecule has 3 heterocycles. The van der Waals surface area contributed by atoms with Gasteiger partial charge >= 0.3 is 0 Å². The Balaban J connectivity index is 0.000000236. The third kappa shape index (κ3) is 5.19. The van der Waals surface area contributed by atoms with E-state index in [1.54, 1.807) is 22.7 Å². The van der Waals surface area contributed by atoms with Crippen LogP contribution in [0.1, 0.15) is 49.5 Å². The van der Waals surface area contributed by atoms with E-state index in [-0.39, 0.29) is 0 Å². The lowest BCUT2D eigenvalue weighted by Gasteiger charge is -2.15. The molecule has 0 spiro atoms. The van der Waals surface area contributed by atoms with Crippen LogP contribution in [-0.4, -0.2) is 11.0 Å². The summed E-state index contributed by atoms with van der Waals surface area (Å²) in [5, 5.41) is 8.28. The van der Waals surface area contributed by atoms with Gasteiger partial charge in [-0.1, -0.05) is 43.9 Å². The normalized spacial score (nSPS) is 14.9. The number of aromatic nitrogens is 1. The number of nitrogens with one attached hydrogen (secondary N) is 1. The predicted octanol–water partition coefficient (Wildman–Crippen LogP) is 6.46. The Hall–Kier alpha value is -1.14. The molecule has 140 valence electrons. The lowest BCUT2D eigenvalue weighted by Crippen LogP contribution is -2.22. The first-order valence-electron chi connectivity index (χ1n) is 9.25. The minimum absolute atomic E-state index is 0.536. The minimum atomic E-state index is 0.536. The maximum absolute atomic E-state index is 6.13. The number of thiophene rings is 2. The van der Waals surface area contributed by atoms with Crippen molar-refractivity contribution in [1.29, 1.82) is 0 Å². The van der Waals surface area contributed by atoms with Crippen LogP contribution >= 0.6 is 34.3 Å². The molecule has 0 aliphatic heterocycles. The molecule has 4 rings (SSSR count). The SMILES string of the molecule is CCc1csc2c(NCc3cccs3)cc(Cl)nc12.NC1CCCCC1. The Labute approximate surface area is 168 Å². The summed E-state index contributed by atoms with van der Waals surface area (Å²) in [5.74, 6) is 0. The summed E-state index contributed by atoms with van der Waals surface area (Å²) >= 11 is 9.61. The highest BCUT2D eigenvalue weighted by atomic mass is 35.5. The van der Waals surface area contributed by atoms with E-state index in [1.807, 2.05) is 6.07 Å². The largest absolute Gasteiger partial charge is 0.379 e. The Bertz CT molecular complexity index is 808. The molecule has 1 fully saturated rings. The number of pyridine rings is 1. The molecule has 0 atom stereocenters. The quantitative estimate of drug-likeness (QED) is 0.487. The van der Waals surface area contributed by atoms with Gasteiger partial charge in [-0.2, -0.15) is 0 Å². The summed E-state index contributed by atoms with van der Waals surface area (Å²) in [5.41, 5.74) is 9.01. The Morgan fingerprint density at radius 2 is 2.08 bits per heavy atom. The third-order valence-electron chi connectivity index (χ3n) is 4.63. The molecule has 3 aromatic heterocycles. The molecule has 0 saturated heterocycles. The first-order chi connectivity index (χ1) is 12.7. The summed E-state index contributed by atoms with van der Waals surface area (Å²) in [6, 6.07) is 6.64. The predicted molar refractivity (Wildman–Crippen MR) is 117 cm³/mol. The molecule has 0 aromatic carbocycles. The van der Waals surface area contributed by atoms with Crippen molar-refractivity contribution in [3.63, 3.8) is 0 Å². The lowest BCUT2D eigenvalue weighted by atomic mass is 9.97. The van der Waals surface area contributed by atoms with E-state index in [0.29, 0.717) is 11.2 Å². The average molecular weight is 408 g/mol. The van der Waals surface area contributed by atoms with Gasteiger partial charge in [0.2, 0.25) is 0 Å². The Kier molecular flexibility index (Phi) is 7.32. The molecule has 6 heteroatoms. The number of hydrogen-bond donors (Lipinski definition) is 2. The van der Waals surface area contributed by atoms with Crippen LogP contribution in [-0.2, 0) is 13.0 Å². The van der Waals surface area contributed by atoms with Crippen LogP contribution in [0.15, 0.2) is 29.0 Å². The number of fused-ring (bicyclic) bond motifs is 1. The number of nitrogens with zero attached hydrogens (tertiary/aromatic N) is 1. The molecular formula is C20H26ClN3S2. The molecule has 1 aliphatic rings. The minimum Gasteiger partial charge on any atom is -0.379 e. The maximum Gasteiger partial charge on any atom is 0.131 e. The summed E-state index contributed by atoms with van der Waals surface area (Å²) in [7, 11) is 0. The van der Waals surface area contributed by atoms with E-state index >= 15 is 0 Å². The number of nitrogens with two attached hydrogens (primary N) is 1. The van der Waals surface area contributed by atoms with Gasteiger partial charge in [-0.05, 0) is 41.7 Å². The molecular weight excluding hydrogens is 382 g/mol. The number of anilines is 1. The van der Waals surface area contributed by atoms with Crippen LogP contribution in [0.2, 0.25) is 5.15 Å². The second-order valence-corrected chi connectivity index (χ2v) is 8.91. The van der Waals surface area contributed by atoms with Crippen molar-refractivity contribution in [2.45, 2.75) is 58.0 Å². The maximum atomic E-state index is 6.13. The van der Waals surface area contributed by atoms with Gasteiger partial charge in [0, 0.05) is 23.5 Å². The van der Waals surface area contributed by atoms with Gasteiger partial charge in [-0.3, -0.25) is 0 Å². The van der Waals surface area contributed by atoms with Crippen LogP contribution in [0.4, 0.5) is 5.69 Å². The zero-order valence-corrected chi connectivity index (χ0v) is 17.5. The van der Waals surface area contributed by atoms with E-state index in [2.05, 4.69) is 40.1 Å². The molecule has 3 N–H and O–H groups in total. The summed E-state index contributed by atoms with van der Waals surface area (Å²) < 4.78 is 1.19. The van der Waals surface area contributed by atoms with Crippen LogP contribution < -0.4 is 11.1 Å². The first kappa shape index (κ1) is 19.6. The number of hydrogen-bond acceptors (Lipinski definition) is 5. The van der Waals surface area contributed by atoms with E-state index in [9.17, 15) is 0 Å². The van der Waals surface area contributed by atoms with Crippen molar-refractivity contribution in [1.82, 2.24) is 4.98 Å². The van der Waals surface area contributed by atoms with E-state index in [4.69, 9.17) is 17.3 Å². The summed E-state index contributed by atoms with van der Waals surface area (Å²) in [6.07, 6.45) is 7.65. The molecule has 0 amide bonds. The molecule has 0 bridgehead atoms. The third-order valence-corrected chi connectivity index (χ3v) is 6.75. The van der Waals surface area contributed by atoms with Crippen LogP contribution in [0.25, 0.3) is 10.2 Å². The topological polar surface area (TPSA) is 50.9 Å². The van der Waals surface area contributed by atoms with Crippen molar-refractivity contribution < 1.29 is 0 Å². The highest BCUT2D eigenvalue weighted by Crippen LogP contribution is 2.33. The van der Waals surface area contributed by atoms with Gasteiger partial charge in [-0.15, -0.1) is 22.7 Å². The summed E-state index contributed by atoms with van der Waals surface area (Å²) in [4.78, 5) is 5.76. The smallest absolute Gasteiger partial charge is 0.131 e. The second-order valence-electron chi connectivity index (χ2n) is 6.62. The van der Waals surface area contributed by atoms with E-state index in [1.165, 1.54) is 47.2 Å². The van der Waals surface area contributed by atoms with Gasteiger partial charge < -0.3 is 11.1 Å². The standard InChI is InChI=1S/C14H13ClN2S2.C6H13N/c1-2-9-8-19-14-11(6-12(15)17-13(9)14)16-7-10-4-3-5-18-10;7-6-4-2-1-3-5-6/h3-6,8H,2,7H2,1H3,(H,16,17);6H,1-5,7H2. The molecule has 0 unspecified atom stereocenters. The number of aryl methyl sites for hydroxylation is 1. The van der Waals surface area contributed by atoms with Crippen LogP contribution in [0.5, 0.6) is 0 Å². The van der Waals surface area contributed by atoms with Crippen LogP contribution in [0, 0.1) is 0 Å². The fraction of sp³-hybridized carbons (Fsp3) is 0.450. The number of rotatable bonds is 4. The zero-order valence-electron chi connectivity index (χ0n) is 15.1.